The van der Waals surface area contributed by atoms with Crippen LogP contribution in [0.1, 0.15) is 40.4 Å². The normalized spacial score (nSPS) is 16.6. The van der Waals surface area contributed by atoms with Crippen molar-refractivity contribution in [2.75, 3.05) is 11.4 Å². The molecule has 4 aromatic rings. The number of rotatable bonds is 4. The van der Waals surface area contributed by atoms with Crippen LogP contribution in [0.4, 0.5) is 5.95 Å². The zero-order valence-electron chi connectivity index (χ0n) is 15.4. The standard InChI is InChI=1S/C22H22N4S/c1-2-6-15-9-10-19(27-15)21-20-17(16-7-3-4-8-18(16)25-20)11-14-26(21)22-23-12-5-13-24-22/h3-5,7-10,12-13,21,25H,2,6,11,14H2,1H3. The van der Waals surface area contributed by atoms with Crippen LogP contribution in [0.5, 0.6) is 0 Å². The number of nitrogens with zero attached hydrogens (tertiary/aromatic N) is 3. The second-order valence-corrected chi connectivity index (χ2v) is 8.21. The summed E-state index contributed by atoms with van der Waals surface area (Å²) in [6, 6.07) is 15.2. The Hall–Kier alpha value is -2.66. The number of hydrogen-bond donors (Lipinski definition) is 1. The van der Waals surface area contributed by atoms with Crippen LogP contribution in [0.15, 0.2) is 54.9 Å². The van der Waals surface area contributed by atoms with Crippen LogP contribution in [0.25, 0.3) is 10.9 Å². The number of aromatic nitrogens is 3. The highest BCUT2D eigenvalue weighted by molar-refractivity contribution is 7.12. The number of nitrogens with one attached hydrogen (secondary N) is 1. The molecule has 136 valence electrons. The van der Waals surface area contributed by atoms with Crippen LogP contribution in [-0.4, -0.2) is 21.5 Å². The first-order chi connectivity index (χ1) is 13.3. The predicted molar refractivity (Wildman–Crippen MR) is 112 cm³/mol. The lowest BCUT2D eigenvalue weighted by atomic mass is 9.96. The van der Waals surface area contributed by atoms with E-state index in [1.807, 2.05) is 29.8 Å². The van der Waals surface area contributed by atoms with Crippen molar-refractivity contribution < 1.29 is 0 Å². The minimum absolute atomic E-state index is 0.138. The first kappa shape index (κ1) is 16.5. The number of hydrogen-bond acceptors (Lipinski definition) is 4. The molecule has 1 aliphatic heterocycles. The Labute approximate surface area is 162 Å². The topological polar surface area (TPSA) is 44.8 Å². The Balaban J connectivity index is 1.67. The Kier molecular flexibility index (Phi) is 4.17. The molecule has 1 atom stereocenters. The summed E-state index contributed by atoms with van der Waals surface area (Å²) in [5.41, 5.74) is 3.95. The fourth-order valence-electron chi connectivity index (χ4n) is 4.11. The van der Waals surface area contributed by atoms with E-state index >= 15 is 0 Å². The minimum atomic E-state index is 0.138. The van der Waals surface area contributed by atoms with E-state index in [1.165, 1.54) is 38.3 Å². The van der Waals surface area contributed by atoms with Crippen molar-refractivity contribution in [1.29, 1.82) is 0 Å². The number of para-hydroxylation sites is 1. The fraction of sp³-hybridized carbons (Fsp3) is 0.273. The Morgan fingerprint density at radius 1 is 1.11 bits per heavy atom. The van der Waals surface area contributed by atoms with Crippen LogP contribution in [-0.2, 0) is 12.8 Å². The number of H-pyrrole nitrogens is 1. The molecule has 5 heteroatoms. The van der Waals surface area contributed by atoms with Gasteiger partial charge in [0.1, 0.15) is 6.04 Å². The first-order valence-corrected chi connectivity index (χ1v) is 10.4. The van der Waals surface area contributed by atoms with E-state index in [4.69, 9.17) is 0 Å². The van der Waals surface area contributed by atoms with E-state index in [9.17, 15) is 0 Å². The molecule has 1 unspecified atom stereocenters. The Bertz CT molecular complexity index is 1070. The van der Waals surface area contributed by atoms with Gasteiger partial charge in [0.05, 0.1) is 0 Å². The smallest absolute Gasteiger partial charge is 0.226 e. The van der Waals surface area contributed by atoms with Gasteiger partial charge in [-0.2, -0.15) is 0 Å². The van der Waals surface area contributed by atoms with Gasteiger partial charge in [-0.05, 0) is 42.7 Å². The average molecular weight is 375 g/mol. The maximum atomic E-state index is 4.55. The number of anilines is 1. The van der Waals surface area contributed by atoms with Gasteiger partial charge in [-0.25, -0.2) is 9.97 Å². The van der Waals surface area contributed by atoms with Gasteiger partial charge in [-0.1, -0.05) is 31.5 Å². The van der Waals surface area contributed by atoms with Crippen molar-refractivity contribution in [2.24, 2.45) is 0 Å². The largest absolute Gasteiger partial charge is 0.356 e. The van der Waals surface area contributed by atoms with Gasteiger partial charge >= 0.3 is 0 Å². The number of thiophene rings is 1. The number of fused-ring (bicyclic) bond motifs is 3. The Morgan fingerprint density at radius 3 is 2.81 bits per heavy atom. The second kappa shape index (κ2) is 6.82. The van der Waals surface area contributed by atoms with E-state index in [2.05, 4.69) is 63.2 Å². The molecule has 1 N–H and O–H groups in total. The molecule has 0 radical (unpaired) electrons. The minimum Gasteiger partial charge on any atom is -0.356 e. The molecule has 0 saturated carbocycles. The molecule has 1 aromatic carbocycles. The van der Waals surface area contributed by atoms with Crippen molar-refractivity contribution >= 4 is 28.2 Å². The quantitative estimate of drug-likeness (QED) is 0.539. The summed E-state index contributed by atoms with van der Waals surface area (Å²) < 4.78 is 0. The maximum absolute atomic E-state index is 4.55. The molecule has 4 heterocycles. The van der Waals surface area contributed by atoms with Gasteiger partial charge < -0.3 is 9.88 Å². The van der Waals surface area contributed by atoms with Crippen LogP contribution >= 0.6 is 11.3 Å². The van der Waals surface area contributed by atoms with E-state index in [1.54, 1.807) is 0 Å². The van der Waals surface area contributed by atoms with Gasteiger partial charge in [0.25, 0.3) is 0 Å². The van der Waals surface area contributed by atoms with Crippen LogP contribution < -0.4 is 4.90 Å². The van der Waals surface area contributed by atoms with Gasteiger partial charge in [-0.3, -0.25) is 0 Å². The lowest BCUT2D eigenvalue weighted by molar-refractivity contribution is 0.633. The molecule has 0 amide bonds. The average Bonchev–Trinajstić information content (AvgIpc) is 3.32. The van der Waals surface area contributed by atoms with Gasteiger partial charge in [0, 0.05) is 45.3 Å². The van der Waals surface area contributed by atoms with E-state index in [0.717, 1.165) is 25.3 Å². The van der Waals surface area contributed by atoms with Gasteiger partial charge in [0.15, 0.2) is 0 Å². The van der Waals surface area contributed by atoms with Crippen LogP contribution in [0.3, 0.4) is 0 Å². The first-order valence-electron chi connectivity index (χ1n) is 9.57. The summed E-state index contributed by atoms with van der Waals surface area (Å²) in [5.74, 6) is 0.803. The number of aryl methyl sites for hydroxylation is 1. The number of aromatic amines is 1. The highest BCUT2D eigenvalue weighted by atomic mass is 32.1. The van der Waals surface area contributed by atoms with Crippen LogP contribution in [0.2, 0.25) is 0 Å². The molecule has 0 spiro atoms. The van der Waals surface area contributed by atoms with Crippen molar-refractivity contribution in [2.45, 2.75) is 32.2 Å². The van der Waals surface area contributed by atoms with E-state index in [-0.39, 0.29) is 6.04 Å². The van der Waals surface area contributed by atoms with Gasteiger partial charge in [0.2, 0.25) is 5.95 Å². The van der Waals surface area contributed by atoms with Crippen molar-refractivity contribution in [3.63, 3.8) is 0 Å². The zero-order chi connectivity index (χ0) is 18.2. The van der Waals surface area contributed by atoms with Crippen LogP contribution in [0, 0.1) is 0 Å². The molecule has 0 saturated heterocycles. The van der Waals surface area contributed by atoms with Crippen molar-refractivity contribution in [3.8, 4) is 0 Å². The summed E-state index contributed by atoms with van der Waals surface area (Å²) >= 11 is 1.92. The molecule has 4 nitrogen and oxygen atoms in total. The van der Waals surface area contributed by atoms with E-state index in [0.29, 0.717) is 0 Å². The highest BCUT2D eigenvalue weighted by Gasteiger charge is 2.34. The molecule has 0 aliphatic carbocycles. The third-order valence-electron chi connectivity index (χ3n) is 5.29. The van der Waals surface area contributed by atoms with Crippen molar-refractivity contribution in [1.82, 2.24) is 15.0 Å². The zero-order valence-corrected chi connectivity index (χ0v) is 16.2. The molecule has 1 aliphatic rings. The molecule has 0 fully saturated rings. The molecule has 5 rings (SSSR count). The summed E-state index contributed by atoms with van der Waals surface area (Å²) in [7, 11) is 0. The summed E-state index contributed by atoms with van der Waals surface area (Å²) in [6.45, 7) is 3.16. The molecule has 0 bridgehead atoms. The monoisotopic (exact) mass is 374 g/mol. The van der Waals surface area contributed by atoms with Crippen molar-refractivity contribution in [3.05, 3.63) is 75.9 Å². The maximum Gasteiger partial charge on any atom is 0.226 e. The number of benzene rings is 1. The second-order valence-electron chi connectivity index (χ2n) is 7.01. The molecule has 27 heavy (non-hydrogen) atoms. The molecule has 3 aromatic heterocycles. The lowest BCUT2D eigenvalue weighted by Gasteiger charge is -2.35. The van der Waals surface area contributed by atoms with Gasteiger partial charge in [-0.15, -0.1) is 11.3 Å². The summed E-state index contributed by atoms with van der Waals surface area (Å²) in [4.78, 5) is 18.0. The molecular weight excluding hydrogens is 352 g/mol. The molecular formula is C22H22N4S. The predicted octanol–water partition coefficient (Wildman–Crippen LogP) is 5.12. The Morgan fingerprint density at radius 2 is 1.96 bits per heavy atom. The van der Waals surface area contributed by atoms with E-state index < -0.39 is 0 Å². The fourth-order valence-corrected chi connectivity index (χ4v) is 5.35. The highest BCUT2D eigenvalue weighted by Crippen LogP contribution is 2.41. The SMILES string of the molecule is CCCc1ccc(C2c3[nH]c4ccccc4c3CCN2c2ncccn2)s1. The lowest BCUT2D eigenvalue weighted by Crippen LogP contribution is -2.36. The summed E-state index contributed by atoms with van der Waals surface area (Å²) in [5, 5.41) is 1.34. The summed E-state index contributed by atoms with van der Waals surface area (Å²) in [6.07, 6.45) is 6.97. The third-order valence-corrected chi connectivity index (χ3v) is 6.49. The third kappa shape index (κ3) is 2.82.